The van der Waals surface area contributed by atoms with E-state index in [9.17, 15) is 9.59 Å². The molecule has 1 saturated carbocycles. The highest BCUT2D eigenvalue weighted by atomic mass is 35.5. The van der Waals surface area contributed by atoms with Crippen LogP contribution in [0.3, 0.4) is 0 Å². The van der Waals surface area contributed by atoms with Crippen LogP contribution in [0.1, 0.15) is 28.8 Å². The van der Waals surface area contributed by atoms with Gasteiger partial charge in [-0.25, -0.2) is 0 Å². The normalized spacial score (nSPS) is 16.8. The maximum absolute atomic E-state index is 13.4. The fourth-order valence-corrected chi connectivity index (χ4v) is 4.97. The molecule has 7 nitrogen and oxygen atoms in total. The van der Waals surface area contributed by atoms with Gasteiger partial charge in [0.25, 0.3) is 5.91 Å². The second kappa shape index (κ2) is 12.1. The topological polar surface area (TPSA) is 73.9 Å². The van der Waals surface area contributed by atoms with E-state index in [1.165, 1.54) is 0 Å². The number of methoxy groups -OCH3 is 1. The largest absolute Gasteiger partial charge is 0.380 e. The van der Waals surface area contributed by atoms with Crippen molar-refractivity contribution < 1.29 is 14.3 Å². The van der Waals surface area contributed by atoms with Crippen LogP contribution >= 0.6 is 12.4 Å². The van der Waals surface area contributed by atoms with Crippen molar-refractivity contribution in [3.8, 4) is 11.1 Å². The molecule has 5 rings (SSSR count). The summed E-state index contributed by atoms with van der Waals surface area (Å²) in [6, 6.07) is 23.3. The van der Waals surface area contributed by atoms with Crippen molar-refractivity contribution in [2.75, 3.05) is 51.0 Å². The Morgan fingerprint density at radius 1 is 0.868 bits per heavy atom. The molecule has 38 heavy (non-hydrogen) atoms. The Morgan fingerprint density at radius 3 is 2.16 bits per heavy atom. The molecule has 2 amide bonds. The molecule has 8 heteroatoms. The van der Waals surface area contributed by atoms with E-state index in [0.29, 0.717) is 23.5 Å². The van der Waals surface area contributed by atoms with Gasteiger partial charge in [-0.1, -0.05) is 48.5 Å². The van der Waals surface area contributed by atoms with Crippen LogP contribution in [0, 0.1) is 0 Å². The van der Waals surface area contributed by atoms with E-state index in [0.717, 1.165) is 55.7 Å². The van der Waals surface area contributed by atoms with Crippen molar-refractivity contribution >= 4 is 35.6 Å². The molecule has 200 valence electrons. The summed E-state index contributed by atoms with van der Waals surface area (Å²) in [5, 5.41) is 6.11. The van der Waals surface area contributed by atoms with Crippen molar-refractivity contribution in [1.29, 1.82) is 0 Å². The van der Waals surface area contributed by atoms with Crippen LogP contribution in [-0.4, -0.2) is 67.5 Å². The second-order valence-electron chi connectivity index (χ2n) is 9.98. The highest BCUT2D eigenvalue weighted by Gasteiger charge is 2.54. The summed E-state index contributed by atoms with van der Waals surface area (Å²) in [5.74, 6) is -0.226. The van der Waals surface area contributed by atoms with E-state index in [2.05, 4.69) is 39.6 Å². The minimum atomic E-state index is -0.440. The van der Waals surface area contributed by atoms with Crippen LogP contribution < -0.4 is 10.6 Å². The first kappa shape index (κ1) is 27.8. The number of benzene rings is 3. The van der Waals surface area contributed by atoms with Gasteiger partial charge >= 0.3 is 0 Å². The van der Waals surface area contributed by atoms with E-state index >= 15 is 0 Å². The number of hydrogen-bond donors (Lipinski definition) is 2. The van der Waals surface area contributed by atoms with Crippen molar-refractivity contribution in [2.24, 2.45) is 0 Å². The summed E-state index contributed by atoms with van der Waals surface area (Å²) in [4.78, 5) is 31.1. The molecule has 1 saturated heterocycles. The van der Waals surface area contributed by atoms with Gasteiger partial charge in [0.05, 0.1) is 6.61 Å². The van der Waals surface area contributed by atoms with E-state index in [4.69, 9.17) is 4.74 Å². The molecule has 0 spiro atoms. The van der Waals surface area contributed by atoms with Gasteiger partial charge in [0.2, 0.25) is 5.91 Å². The zero-order valence-corrected chi connectivity index (χ0v) is 22.7. The number of rotatable bonds is 8. The fraction of sp³-hybridized carbons (Fsp3) is 0.333. The molecule has 0 atom stereocenters. The van der Waals surface area contributed by atoms with Crippen molar-refractivity contribution in [1.82, 2.24) is 9.80 Å². The number of hydrogen-bond acceptors (Lipinski definition) is 5. The van der Waals surface area contributed by atoms with Gasteiger partial charge < -0.3 is 20.3 Å². The van der Waals surface area contributed by atoms with Crippen LogP contribution in [0.2, 0.25) is 0 Å². The van der Waals surface area contributed by atoms with E-state index in [-0.39, 0.29) is 24.2 Å². The lowest BCUT2D eigenvalue weighted by atomic mass is 10.1. The number of ether oxygens (including phenoxy) is 1. The summed E-state index contributed by atoms with van der Waals surface area (Å²) in [7, 11) is 3.74. The highest BCUT2D eigenvalue weighted by Crippen LogP contribution is 2.43. The molecule has 0 aromatic heterocycles. The van der Waals surface area contributed by atoms with Gasteiger partial charge in [-0.2, -0.15) is 0 Å². The first-order valence-electron chi connectivity index (χ1n) is 12.8. The Labute approximate surface area is 230 Å². The van der Waals surface area contributed by atoms with E-state index in [1.54, 1.807) is 19.2 Å². The first-order chi connectivity index (χ1) is 18.0. The fourth-order valence-electron chi connectivity index (χ4n) is 4.97. The van der Waals surface area contributed by atoms with Gasteiger partial charge in [-0.3, -0.25) is 14.5 Å². The number of halogens is 1. The minimum absolute atomic E-state index is 0. The summed E-state index contributed by atoms with van der Waals surface area (Å²) in [6.45, 7) is 4.05. The summed E-state index contributed by atoms with van der Waals surface area (Å²) in [6.07, 6.45) is 1.72. The summed E-state index contributed by atoms with van der Waals surface area (Å²) in [5.41, 5.74) is 4.43. The molecule has 3 aromatic carbocycles. The third kappa shape index (κ3) is 6.08. The molecule has 2 fully saturated rings. The predicted octanol–water partition coefficient (Wildman–Crippen LogP) is 4.89. The number of amides is 2. The molecular formula is C30H35ClN4O3. The number of carbonyl (C=O) groups is 2. The molecule has 0 unspecified atom stereocenters. The SMILES string of the molecule is COCc1ccc(C(=O)Nc2ccc(-c3ccccc3)cc2)cc1NC(=O)C1(N2CCN(C)CC2)CC1.Cl. The Morgan fingerprint density at radius 2 is 1.53 bits per heavy atom. The van der Waals surface area contributed by atoms with Gasteiger partial charge in [0, 0.05) is 55.8 Å². The van der Waals surface area contributed by atoms with Gasteiger partial charge in [0.1, 0.15) is 5.54 Å². The molecule has 2 aliphatic rings. The molecule has 3 aromatic rings. The smallest absolute Gasteiger partial charge is 0.255 e. The van der Waals surface area contributed by atoms with Gasteiger partial charge in [-0.05, 0) is 55.3 Å². The van der Waals surface area contributed by atoms with Gasteiger partial charge in [0.15, 0.2) is 0 Å². The maximum Gasteiger partial charge on any atom is 0.255 e. The standard InChI is InChI=1S/C30H34N4O3.ClH/c1-33-16-18-34(19-17-33)30(14-15-30)29(36)32-27-20-24(8-9-25(27)21-37-2)28(35)31-26-12-10-23(11-13-26)22-6-4-3-5-7-22;/h3-13,20H,14-19,21H2,1-2H3,(H,31,35)(H,32,36);1H. The van der Waals surface area contributed by atoms with Crippen molar-refractivity contribution in [3.63, 3.8) is 0 Å². The molecule has 1 aliphatic heterocycles. The lowest BCUT2D eigenvalue weighted by Crippen LogP contribution is -2.54. The second-order valence-corrected chi connectivity index (χ2v) is 9.98. The number of likely N-dealkylation sites (N-methyl/N-ethyl adjacent to an activating group) is 1. The van der Waals surface area contributed by atoms with Crippen LogP contribution in [0.25, 0.3) is 11.1 Å². The number of anilines is 2. The lowest BCUT2D eigenvalue weighted by molar-refractivity contribution is -0.123. The number of piperazine rings is 1. The zero-order valence-electron chi connectivity index (χ0n) is 21.9. The van der Waals surface area contributed by atoms with E-state index < -0.39 is 5.54 Å². The number of carbonyl (C=O) groups excluding carboxylic acids is 2. The Kier molecular flexibility index (Phi) is 8.84. The van der Waals surface area contributed by atoms with Gasteiger partial charge in [-0.15, -0.1) is 12.4 Å². The van der Waals surface area contributed by atoms with Crippen LogP contribution in [-0.2, 0) is 16.1 Å². The summed E-state index contributed by atoms with van der Waals surface area (Å²) >= 11 is 0. The average Bonchev–Trinajstić information content (AvgIpc) is 3.73. The maximum atomic E-state index is 13.4. The zero-order chi connectivity index (χ0) is 25.8. The first-order valence-corrected chi connectivity index (χ1v) is 12.8. The highest BCUT2D eigenvalue weighted by molar-refractivity contribution is 6.06. The minimum Gasteiger partial charge on any atom is -0.380 e. The van der Waals surface area contributed by atoms with Crippen LogP contribution in [0.5, 0.6) is 0 Å². The molecule has 0 bridgehead atoms. The quantitative estimate of drug-likeness (QED) is 0.430. The van der Waals surface area contributed by atoms with Crippen LogP contribution in [0.4, 0.5) is 11.4 Å². The Hall–Kier alpha value is -3.23. The van der Waals surface area contributed by atoms with Crippen LogP contribution in [0.15, 0.2) is 72.8 Å². The summed E-state index contributed by atoms with van der Waals surface area (Å²) < 4.78 is 5.36. The van der Waals surface area contributed by atoms with Crippen molar-refractivity contribution in [2.45, 2.75) is 25.0 Å². The molecule has 2 N–H and O–H groups in total. The number of nitrogens with one attached hydrogen (secondary N) is 2. The lowest BCUT2D eigenvalue weighted by Gasteiger charge is -2.37. The molecule has 1 aliphatic carbocycles. The average molecular weight is 535 g/mol. The third-order valence-electron chi connectivity index (χ3n) is 7.42. The molecule has 0 radical (unpaired) electrons. The monoisotopic (exact) mass is 534 g/mol. The van der Waals surface area contributed by atoms with E-state index in [1.807, 2.05) is 48.5 Å². The molecule has 1 heterocycles. The third-order valence-corrected chi connectivity index (χ3v) is 7.42. The molecular weight excluding hydrogens is 500 g/mol. The Bertz CT molecular complexity index is 1250. The number of nitrogens with zero attached hydrogens (tertiary/aromatic N) is 2. The van der Waals surface area contributed by atoms with Crippen molar-refractivity contribution in [3.05, 3.63) is 83.9 Å². The predicted molar refractivity (Wildman–Crippen MR) is 154 cm³/mol. The Balaban J connectivity index is 0.00000336.